The van der Waals surface area contributed by atoms with E-state index >= 15 is 0 Å². The summed E-state index contributed by atoms with van der Waals surface area (Å²) in [5.41, 5.74) is 3.07. The van der Waals surface area contributed by atoms with Crippen molar-refractivity contribution in [2.24, 2.45) is 7.05 Å². The Kier molecular flexibility index (Phi) is 4.98. The summed E-state index contributed by atoms with van der Waals surface area (Å²) in [5, 5.41) is 7.66. The fourth-order valence-electron chi connectivity index (χ4n) is 1.83. The number of aryl methyl sites for hydroxylation is 2. The summed E-state index contributed by atoms with van der Waals surface area (Å²) < 4.78 is 1.93. The van der Waals surface area contributed by atoms with Gasteiger partial charge in [0.15, 0.2) is 5.11 Å². The Bertz CT molecular complexity index is 609. The van der Waals surface area contributed by atoms with Gasteiger partial charge in [-0.05, 0) is 42.9 Å². The number of aromatic nitrogens is 2. The first-order valence-electron chi connectivity index (χ1n) is 6.32. The van der Waals surface area contributed by atoms with E-state index in [1.54, 1.807) is 6.33 Å². The summed E-state index contributed by atoms with van der Waals surface area (Å²) in [5.74, 6) is 0. The van der Waals surface area contributed by atoms with Gasteiger partial charge in [0.1, 0.15) is 0 Å². The number of hydrogen-bond acceptors (Lipinski definition) is 2. The number of nitrogens with zero attached hydrogens (tertiary/aromatic N) is 2. The number of nitrogens with one attached hydrogen (secondary N) is 2. The van der Waals surface area contributed by atoms with Gasteiger partial charge in [0.25, 0.3) is 0 Å². The maximum absolute atomic E-state index is 5.92. The molecule has 4 nitrogen and oxygen atoms in total. The zero-order chi connectivity index (χ0) is 14.5. The lowest BCUT2D eigenvalue weighted by Gasteiger charge is -2.12. The van der Waals surface area contributed by atoms with Crippen LogP contribution in [0.2, 0.25) is 5.02 Å². The van der Waals surface area contributed by atoms with E-state index in [0.29, 0.717) is 5.11 Å². The van der Waals surface area contributed by atoms with Crippen LogP contribution in [-0.4, -0.2) is 21.2 Å². The number of thiocarbonyl (C=S) groups is 1. The van der Waals surface area contributed by atoms with Crippen molar-refractivity contribution >= 4 is 34.6 Å². The van der Waals surface area contributed by atoms with Crippen LogP contribution >= 0.6 is 23.8 Å². The van der Waals surface area contributed by atoms with Gasteiger partial charge in [-0.1, -0.05) is 11.6 Å². The molecule has 0 unspecified atom stereocenters. The molecule has 6 heteroatoms. The van der Waals surface area contributed by atoms with Crippen molar-refractivity contribution in [3.63, 3.8) is 0 Å². The molecule has 0 amide bonds. The molecule has 0 radical (unpaired) electrons. The summed E-state index contributed by atoms with van der Waals surface area (Å²) in [6, 6.07) is 5.66. The minimum Gasteiger partial charge on any atom is -0.362 e. The molecule has 2 aromatic rings. The van der Waals surface area contributed by atoms with Gasteiger partial charge in [-0.2, -0.15) is 0 Å². The molecule has 106 valence electrons. The van der Waals surface area contributed by atoms with Gasteiger partial charge in [0, 0.05) is 36.9 Å². The summed E-state index contributed by atoms with van der Waals surface area (Å²) in [6.07, 6.45) is 4.63. The van der Waals surface area contributed by atoms with E-state index < -0.39 is 0 Å². The average molecular weight is 309 g/mol. The molecule has 2 N–H and O–H groups in total. The molecule has 1 aromatic carbocycles. The molecule has 0 saturated heterocycles. The molecule has 0 saturated carbocycles. The third-order valence-electron chi connectivity index (χ3n) is 2.86. The molecule has 0 aliphatic heterocycles. The third kappa shape index (κ3) is 4.21. The SMILES string of the molecule is Cc1cc(Cl)ccc1NC(=S)NCCc1cn(C)cn1. The maximum atomic E-state index is 5.92. The lowest BCUT2D eigenvalue weighted by Crippen LogP contribution is -2.30. The lowest BCUT2D eigenvalue weighted by atomic mass is 10.2. The third-order valence-corrected chi connectivity index (χ3v) is 3.34. The predicted molar refractivity (Wildman–Crippen MR) is 87.3 cm³/mol. The van der Waals surface area contributed by atoms with E-state index in [4.69, 9.17) is 23.8 Å². The van der Waals surface area contributed by atoms with Crippen LogP contribution in [-0.2, 0) is 13.5 Å². The Morgan fingerprint density at radius 3 is 2.90 bits per heavy atom. The first kappa shape index (κ1) is 14.8. The Balaban J connectivity index is 1.80. The second-order valence-corrected chi connectivity index (χ2v) is 5.47. The fraction of sp³-hybridized carbons (Fsp3) is 0.286. The smallest absolute Gasteiger partial charge is 0.170 e. The van der Waals surface area contributed by atoms with Crippen LogP contribution in [0.25, 0.3) is 0 Å². The summed E-state index contributed by atoms with van der Waals surface area (Å²) >= 11 is 11.2. The van der Waals surface area contributed by atoms with Crippen molar-refractivity contribution < 1.29 is 0 Å². The Hall–Kier alpha value is -1.59. The number of rotatable bonds is 4. The normalized spacial score (nSPS) is 10.3. The zero-order valence-electron chi connectivity index (χ0n) is 11.5. The topological polar surface area (TPSA) is 41.9 Å². The molecule has 0 atom stereocenters. The number of benzene rings is 1. The molecule has 2 rings (SSSR count). The van der Waals surface area contributed by atoms with E-state index in [9.17, 15) is 0 Å². The highest BCUT2D eigenvalue weighted by molar-refractivity contribution is 7.80. The Labute approximate surface area is 129 Å². The number of anilines is 1. The van der Waals surface area contributed by atoms with E-state index in [1.165, 1.54) is 0 Å². The minimum absolute atomic E-state index is 0.603. The summed E-state index contributed by atoms with van der Waals surface area (Å²) in [7, 11) is 1.96. The first-order chi connectivity index (χ1) is 9.54. The van der Waals surface area contributed by atoms with Crippen LogP contribution in [0.5, 0.6) is 0 Å². The standard InChI is InChI=1S/C14H17ClN4S/c1-10-7-11(15)3-4-13(10)18-14(20)16-6-5-12-8-19(2)9-17-12/h3-4,7-9H,5-6H2,1-2H3,(H2,16,18,20). The molecule has 20 heavy (non-hydrogen) atoms. The van der Waals surface area contributed by atoms with Crippen molar-refractivity contribution in [2.75, 3.05) is 11.9 Å². The first-order valence-corrected chi connectivity index (χ1v) is 7.11. The van der Waals surface area contributed by atoms with Crippen LogP contribution in [0.4, 0.5) is 5.69 Å². The average Bonchev–Trinajstić information content (AvgIpc) is 2.79. The molecule has 0 aliphatic carbocycles. The predicted octanol–water partition coefficient (Wildman–Crippen LogP) is 2.91. The number of imidazole rings is 1. The van der Waals surface area contributed by atoms with Crippen molar-refractivity contribution in [3.05, 3.63) is 47.0 Å². The van der Waals surface area contributed by atoms with Gasteiger partial charge in [-0.25, -0.2) is 4.98 Å². The summed E-state index contributed by atoms with van der Waals surface area (Å²) in [4.78, 5) is 4.27. The van der Waals surface area contributed by atoms with E-state index in [2.05, 4.69) is 15.6 Å². The monoisotopic (exact) mass is 308 g/mol. The van der Waals surface area contributed by atoms with Gasteiger partial charge < -0.3 is 15.2 Å². The van der Waals surface area contributed by atoms with Gasteiger partial charge in [-0.15, -0.1) is 0 Å². The Morgan fingerprint density at radius 2 is 2.25 bits per heavy atom. The highest BCUT2D eigenvalue weighted by Crippen LogP contribution is 2.19. The van der Waals surface area contributed by atoms with Gasteiger partial charge in [-0.3, -0.25) is 0 Å². The number of hydrogen-bond donors (Lipinski definition) is 2. The van der Waals surface area contributed by atoms with Crippen molar-refractivity contribution in [1.29, 1.82) is 0 Å². The molecule has 1 heterocycles. The number of halogens is 1. The van der Waals surface area contributed by atoms with Crippen molar-refractivity contribution in [1.82, 2.24) is 14.9 Å². The quantitative estimate of drug-likeness (QED) is 0.852. The molecule has 0 spiro atoms. The zero-order valence-corrected chi connectivity index (χ0v) is 13.1. The molecule has 1 aromatic heterocycles. The molecule has 0 aliphatic rings. The van der Waals surface area contributed by atoms with Crippen LogP contribution < -0.4 is 10.6 Å². The van der Waals surface area contributed by atoms with Crippen LogP contribution in [0, 0.1) is 6.92 Å². The van der Waals surface area contributed by atoms with Crippen LogP contribution in [0.3, 0.4) is 0 Å². The highest BCUT2D eigenvalue weighted by atomic mass is 35.5. The van der Waals surface area contributed by atoms with E-state index in [0.717, 1.165) is 34.9 Å². The molecular weight excluding hydrogens is 292 g/mol. The fourth-order valence-corrected chi connectivity index (χ4v) is 2.27. The largest absolute Gasteiger partial charge is 0.362 e. The van der Waals surface area contributed by atoms with Gasteiger partial charge in [0.05, 0.1) is 12.0 Å². The lowest BCUT2D eigenvalue weighted by molar-refractivity contribution is 0.851. The second kappa shape index (κ2) is 6.72. The van der Waals surface area contributed by atoms with Crippen molar-refractivity contribution in [2.45, 2.75) is 13.3 Å². The minimum atomic E-state index is 0.603. The molecular formula is C14H17ClN4S. The molecule has 0 fully saturated rings. The summed E-state index contributed by atoms with van der Waals surface area (Å²) in [6.45, 7) is 2.74. The Morgan fingerprint density at radius 1 is 1.45 bits per heavy atom. The van der Waals surface area contributed by atoms with Crippen LogP contribution in [0.15, 0.2) is 30.7 Å². The van der Waals surface area contributed by atoms with Crippen LogP contribution in [0.1, 0.15) is 11.3 Å². The van der Waals surface area contributed by atoms with E-state index in [1.807, 2.05) is 42.9 Å². The highest BCUT2D eigenvalue weighted by Gasteiger charge is 2.02. The van der Waals surface area contributed by atoms with Gasteiger partial charge in [0.2, 0.25) is 0 Å². The maximum Gasteiger partial charge on any atom is 0.170 e. The second-order valence-electron chi connectivity index (χ2n) is 4.62. The van der Waals surface area contributed by atoms with Crippen molar-refractivity contribution in [3.8, 4) is 0 Å². The molecule has 0 bridgehead atoms. The van der Waals surface area contributed by atoms with E-state index in [-0.39, 0.29) is 0 Å². The van der Waals surface area contributed by atoms with Gasteiger partial charge >= 0.3 is 0 Å².